The molecule has 156 valence electrons. The van der Waals surface area contributed by atoms with E-state index in [-0.39, 0.29) is 18.4 Å². The number of carbonyl (C=O) groups excluding carboxylic acids is 2. The standard InChI is InChI=1S/C22H25N5O3/c1-25-11-14(12-28)22(21(25)30)7-4-8-26(13-22)27-18-6-3-2-5-15(18)16-9-24-10-17(19(16)27)20(23)29/h2-3,5-6,9-10,14,28H,4,7-8,11-13H2,1H3,(H2,23,29)/t14-,22-/m1/s1. The number of fused-ring (bicyclic) bond motifs is 3. The molecule has 0 bridgehead atoms. The maximum atomic E-state index is 13.2. The van der Waals surface area contributed by atoms with E-state index in [1.807, 2.05) is 28.9 Å². The van der Waals surface area contributed by atoms with Crippen molar-refractivity contribution in [1.29, 1.82) is 0 Å². The second-order valence-electron chi connectivity index (χ2n) is 8.49. The lowest BCUT2D eigenvalue weighted by Crippen LogP contribution is -2.54. The predicted molar refractivity (Wildman–Crippen MR) is 114 cm³/mol. The van der Waals surface area contributed by atoms with E-state index in [4.69, 9.17) is 5.73 Å². The third-order valence-electron chi connectivity index (χ3n) is 6.87. The molecule has 3 N–H and O–H groups in total. The van der Waals surface area contributed by atoms with Crippen LogP contribution in [0.25, 0.3) is 21.8 Å². The fourth-order valence-electron chi connectivity index (χ4n) is 5.47. The van der Waals surface area contributed by atoms with Gasteiger partial charge >= 0.3 is 0 Å². The zero-order valence-electron chi connectivity index (χ0n) is 16.9. The van der Waals surface area contributed by atoms with Gasteiger partial charge in [0.05, 0.1) is 22.0 Å². The number of primary amides is 1. The third kappa shape index (κ3) is 2.46. The highest BCUT2D eigenvalue weighted by Crippen LogP contribution is 2.44. The number of aliphatic hydroxyl groups is 1. The van der Waals surface area contributed by atoms with Crippen LogP contribution in [0.2, 0.25) is 0 Å². The lowest BCUT2D eigenvalue weighted by Gasteiger charge is -2.43. The van der Waals surface area contributed by atoms with Crippen LogP contribution in [0.4, 0.5) is 0 Å². The lowest BCUT2D eigenvalue weighted by atomic mass is 9.72. The summed E-state index contributed by atoms with van der Waals surface area (Å²) < 4.78 is 2.04. The molecule has 2 fully saturated rings. The number of nitrogens with two attached hydrogens (primary N) is 1. The highest BCUT2D eigenvalue weighted by atomic mass is 16.3. The van der Waals surface area contributed by atoms with E-state index in [9.17, 15) is 14.7 Å². The number of nitrogens with zero attached hydrogens (tertiary/aromatic N) is 4. The molecule has 5 rings (SSSR count). The van der Waals surface area contributed by atoms with E-state index >= 15 is 0 Å². The molecule has 2 aliphatic rings. The van der Waals surface area contributed by atoms with Crippen LogP contribution < -0.4 is 10.7 Å². The second kappa shape index (κ2) is 6.70. The third-order valence-corrected chi connectivity index (χ3v) is 6.87. The smallest absolute Gasteiger partial charge is 0.252 e. The molecule has 4 heterocycles. The van der Waals surface area contributed by atoms with Crippen LogP contribution in [0, 0.1) is 11.3 Å². The highest BCUT2D eigenvalue weighted by Gasteiger charge is 2.54. The molecule has 8 nitrogen and oxygen atoms in total. The van der Waals surface area contributed by atoms with Gasteiger partial charge in [0.2, 0.25) is 5.91 Å². The van der Waals surface area contributed by atoms with Gasteiger partial charge in [-0.3, -0.25) is 19.2 Å². The lowest BCUT2D eigenvalue weighted by molar-refractivity contribution is -0.137. The summed E-state index contributed by atoms with van der Waals surface area (Å²) in [6.07, 6.45) is 4.83. The van der Waals surface area contributed by atoms with Gasteiger partial charge in [-0.25, -0.2) is 0 Å². The molecule has 2 amide bonds. The number of aromatic nitrogens is 2. The van der Waals surface area contributed by atoms with Crippen molar-refractivity contribution in [2.75, 3.05) is 38.3 Å². The van der Waals surface area contributed by atoms with Gasteiger partial charge in [-0.1, -0.05) is 18.2 Å². The van der Waals surface area contributed by atoms with Crippen molar-refractivity contribution in [3.8, 4) is 0 Å². The van der Waals surface area contributed by atoms with E-state index in [2.05, 4.69) is 9.99 Å². The fourth-order valence-corrected chi connectivity index (χ4v) is 5.47. The number of piperidine rings is 1. The van der Waals surface area contributed by atoms with Crippen molar-refractivity contribution in [3.05, 3.63) is 42.2 Å². The number of hydrogen-bond acceptors (Lipinski definition) is 5. The second-order valence-corrected chi connectivity index (χ2v) is 8.49. The van der Waals surface area contributed by atoms with Crippen molar-refractivity contribution in [1.82, 2.24) is 14.6 Å². The number of amides is 2. The fraction of sp³-hybridized carbons (Fsp3) is 0.409. The van der Waals surface area contributed by atoms with Gasteiger partial charge in [-0.15, -0.1) is 0 Å². The van der Waals surface area contributed by atoms with Gasteiger partial charge in [-0.05, 0) is 18.9 Å². The van der Waals surface area contributed by atoms with E-state index in [1.165, 1.54) is 6.20 Å². The summed E-state index contributed by atoms with van der Waals surface area (Å²) in [5.74, 6) is -0.555. The number of aliphatic hydroxyl groups excluding tert-OH is 1. The molecule has 1 aromatic carbocycles. The van der Waals surface area contributed by atoms with Crippen LogP contribution >= 0.6 is 0 Å². The average molecular weight is 407 g/mol. The summed E-state index contributed by atoms with van der Waals surface area (Å²) in [4.78, 5) is 31.4. The minimum absolute atomic E-state index is 0.0203. The maximum absolute atomic E-state index is 13.2. The number of benzene rings is 1. The van der Waals surface area contributed by atoms with Crippen LogP contribution in [0.1, 0.15) is 23.2 Å². The molecule has 1 spiro atoms. The quantitative estimate of drug-likeness (QED) is 0.676. The average Bonchev–Trinajstić information content (AvgIpc) is 3.21. The number of hydrogen-bond donors (Lipinski definition) is 2. The number of pyridine rings is 1. The molecule has 8 heteroatoms. The Bertz CT molecular complexity index is 1170. The van der Waals surface area contributed by atoms with Crippen molar-refractivity contribution in [2.45, 2.75) is 12.8 Å². The largest absolute Gasteiger partial charge is 0.396 e. The Balaban J connectivity index is 1.73. The molecular formula is C22H25N5O3. The SMILES string of the molecule is CN1C[C@H](CO)[C@]2(CCCN(n3c4ccccc4c4cncc(C(N)=O)c43)C2)C1=O. The summed E-state index contributed by atoms with van der Waals surface area (Å²) in [5.41, 5.74) is 7.09. The first-order valence-electron chi connectivity index (χ1n) is 10.3. The molecule has 3 aromatic rings. The van der Waals surface area contributed by atoms with Gasteiger partial charge in [0.15, 0.2) is 0 Å². The summed E-state index contributed by atoms with van der Waals surface area (Å²) in [6, 6.07) is 7.93. The van der Waals surface area contributed by atoms with E-state index < -0.39 is 11.3 Å². The van der Waals surface area contributed by atoms with Gasteiger partial charge in [0.25, 0.3) is 5.91 Å². The summed E-state index contributed by atoms with van der Waals surface area (Å²) in [6.45, 7) is 1.77. The zero-order chi connectivity index (χ0) is 21.0. The van der Waals surface area contributed by atoms with Crippen molar-refractivity contribution in [2.24, 2.45) is 17.1 Å². The molecule has 2 aromatic heterocycles. The highest BCUT2D eigenvalue weighted by molar-refractivity contribution is 6.15. The number of carbonyl (C=O) groups is 2. The molecule has 2 aliphatic heterocycles. The van der Waals surface area contributed by atoms with E-state index in [1.54, 1.807) is 18.1 Å². The molecule has 2 saturated heterocycles. The van der Waals surface area contributed by atoms with E-state index in [0.29, 0.717) is 18.7 Å². The van der Waals surface area contributed by atoms with Gasteiger partial charge in [0, 0.05) is 62.4 Å². The first-order valence-corrected chi connectivity index (χ1v) is 10.3. The Morgan fingerprint density at radius 3 is 2.87 bits per heavy atom. The molecule has 0 radical (unpaired) electrons. The molecule has 30 heavy (non-hydrogen) atoms. The van der Waals surface area contributed by atoms with Crippen LogP contribution in [0.15, 0.2) is 36.7 Å². The zero-order valence-corrected chi connectivity index (χ0v) is 16.9. The van der Waals surface area contributed by atoms with Crippen molar-refractivity contribution < 1.29 is 14.7 Å². The molecule has 2 atom stereocenters. The summed E-state index contributed by atoms with van der Waals surface area (Å²) >= 11 is 0. The number of para-hydroxylation sites is 1. The van der Waals surface area contributed by atoms with Gasteiger partial charge in [-0.2, -0.15) is 0 Å². The molecule has 0 unspecified atom stereocenters. The summed E-state index contributed by atoms with van der Waals surface area (Å²) in [5, 5.41) is 14.0. The molecular weight excluding hydrogens is 382 g/mol. The first kappa shape index (κ1) is 18.9. The minimum Gasteiger partial charge on any atom is -0.396 e. The Labute approximate surface area is 173 Å². The Morgan fingerprint density at radius 1 is 1.30 bits per heavy atom. The summed E-state index contributed by atoms with van der Waals surface area (Å²) in [7, 11) is 1.80. The van der Waals surface area contributed by atoms with Crippen LogP contribution in [-0.4, -0.2) is 64.8 Å². The van der Waals surface area contributed by atoms with Gasteiger partial charge < -0.3 is 20.7 Å². The maximum Gasteiger partial charge on any atom is 0.252 e. The Hall–Kier alpha value is -3.13. The van der Waals surface area contributed by atoms with Crippen LogP contribution in [0.3, 0.4) is 0 Å². The van der Waals surface area contributed by atoms with Crippen LogP contribution in [-0.2, 0) is 4.79 Å². The topological polar surface area (TPSA) is 105 Å². The normalized spacial score (nSPS) is 24.5. The Morgan fingerprint density at radius 2 is 2.10 bits per heavy atom. The van der Waals surface area contributed by atoms with Crippen molar-refractivity contribution >= 4 is 33.6 Å². The number of rotatable bonds is 3. The predicted octanol–water partition coefficient (Wildman–Crippen LogP) is 1.09. The number of likely N-dealkylation sites (tertiary alicyclic amines) is 1. The first-order chi connectivity index (χ1) is 14.5. The van der Waals surface area contributed by atoms with Crippen LogP contribution in [0.5, 0.6) is 0 Å². The Kier molecular flexibility index (Phi) is 4.21. The monoisotopic (exact) mass is 407 g/mol. The van der Waals surface area contributed by atoms with Crippen molar-refractivity contribution in [3.63, 3.8) is 0 Å². The molecule has 0 aliphatic carbocycles. The minimum atomic E-state index is -0.626. The van der Waals surface area contributed by atoms with E-state index in [0.717, 1.165) is 41.2 Å². The molecule has 0 saturated carbocycles. The van der Waals surface area contributed by atoms with Gasteiger partial charge in [0.1, 0.15) is 0 Å².